The first-order chi connectivity index (χ1) is 20.1. The van der Waals surface area contributed by atoms with Gasteiger partial charge in [-0.05, 0) is 90.9 Å². The first-order valence-corrected chi connectivity index (χ1v) is 16.3. The van der Waals surface area contributed by atoms with Gasteiger partial charge in [0.2, 0.25) is 0 Å². The minimum atomic E-state index is -3.94. The van der Waals surface area contributed by atoms with Gasteiger partial charge in [0.25, 0.3) is 15.9 Å². The molecule has 1 atom stereocenters. The maximum Gasteiger partial charge on any atom is 1.00 e. The fraction of sp³-hybridized carbons (Fsp3) is 0.212. The number of carbonyl (C=O) groups is 2. The molecule has 4 aromatic carbocycles. The summed E-state index contributed by atoms with van der Waals surface area (Å²) in [6.07, 6.45) is 2.09. The summed E-state index contributed by atoms with van der Waals surface area (Å²) >= 11 is 1.48. The number of nitrogens with zero attached hydrogens (tertiary/aromatic N) is 1. The first-order valence-electron chi connectivity index (χ1n) is 13.5. The zero-order valence-corrected chi connectivity index (χ0v) is 26.4. The van der Waals surface area contributed by atoms with Crippen molar-refractivity contribution in [1.29, 1.82) is 0 Å². The Bertz CT molecular complexity index is 1660. The number of anilines is 1. The molecule has 0 aliphatic carbocycles. The van der Waals surface area contributed by atoms with Crippen LogP contribution in [0.15, 0.2) is 102 Å². The summed E-state index contributed by atoms with van der Waals surface area (Å²) < 4.78 is 29.2. The second-order valence-electron chi connectivity index (χ2n) is 9.98. The van der Waals surface area contributed by atoms with Crippen molar-refractivity contribution < 1.29 is 42.0 Å². The van der Waals surface area contributed by atoms with E-state index in [9.17, 15) is 23.1 Å². The molecule has 10 heteroatoms. The Kier molecular flexibility index (Phi) is 12.1. The number of carboxylic acid groups (broad SMARTS) is 1. The van der Waals surface area contributed by atoms with E-state index >= 15 is 0 Å². The molecule has 0 bridgehead atoms. The zero-order valence-electron chi connectivity index (χ0n) is 24.7. The normalized spacial score (nSPS) is 11.7. The third-order valence-corrected chi connectivity index (χ3v) is 9.38. The van der Waals surface area contributed by atoms with Crippen LogP contribution in [0.3, 0.4) is 0 Å². The number of rotatable bonds is 12. The fourth-order valence-corrected chi connectivity index (χ4v) is 6.54. The van der Waals surface area contributed by atoms with Gasteiger partial charge in [0.1, 0.15) is 0 Å². The minimum Gasteiger partial charge on any atom is -0.548 e. The second kappa shape index (κ2) is 15.3. The topological polar surface area (TPSA) is 107 Å². The third kappa shape index (κ3) is 8.33. The van der Waals surface area contributed by atoms with Crippen LogP contribution in [0.4, 0.5) is 5.69 Å². The van der Waals surface area contributed by atoms with Crippen LogP contribution in [0.25, 0.3) is 11.1 Å². The van der Waals surface area contributed by atoms with Crippen LogP contribution in [0.2, 0.25) is 0 Å². The molecule has 0 saturated carbocycles. The van der Waals surface area contributed by atoms with Crippen LogP contribution in [-0.4, -0.2) is 38.3 Å². The Morgan fingerprint density at radius 1 is 0.884 bits per heavy atom. The Hall–Kier alpha value is -3.48. The first kappa shape index (κ1) is 34.0. The molecule has 0 aliphatic heterocycles. The number of hydrogen-bond donors (Lipinski definition) is 1. The number of aliphatic carboxylic acids is 1. The van der Waals surface area contributed by atoms with Crippen LogP contribution >= 0.6 is 11.8 Å². The van der Waals surface area contributed by atoms with E-state index in [0.29, 0.717) is 22.6 Å². The number of carbonyl (C=O) groups excluding carboxylic acids is 2. The second-order valence-corrected chi connectivity index (χ2v) is 12.8. The van der Waals surface area contributed by atoms with E-state index in [2.05, 4.69) is 5.32 Å². The standard InChI is InChI=1S/C33H34N2O5S2.Li/c1-23-13-16-27(17-14-23)42(39,40)35(26-10-5-4-6-11-26)22-25-15-18-29(30(21-25)28-12-8-7-9-24(28)2)32(36)34-31(33(37)38)19-20-41-3;/h4-18,21,31H,19-20,22H2,1-3H3,(H,34,36)(H,37,38);/q;+1/p-1/t31-;/m0./s1. The molecule has 0 spiro atoms. The summed E-state index contributed by atoms with van der Waals surface area (Å²) in [7, 11) is -3.94. The van der Waals surface area contributed by atoms with Crippen molar-refractivity contribution in [2.24, 2.45) is 0 Å². The fourth-order valence-electron chi connectivity index (χ4n) is 4.62. The van der Waals surface area contributed by atoms with Crippen molar-refractivity contribution in [2.75, 3.05) is 16.3 Å². The number of nitrogens with one attached hydrogen (secondary N) is 1. The van der Waals surface area contributed by atoms with Gasteiger partial charge < -0.3 is 15.2 Å². The molecule has 0 unspecified atom stereocenters. The van der Waals surface area contributed by atoms with E-state index in [0.717, 1.165) is 16.7 Å². The summed E-state index contributed by atoms with van der Waals surface area (Å²) in [4.78, 5) is 25.3. The van der Waals surface area contributed by atoms with Gasteiger partial charge in [0, 0.05) is 5.56 Å². The number of aryl methyl sites for hydroxylation is 2. The third-order valence-electron chi connectivity index (χ3n) is 6.94. The number of carboxylic acids is 1. The van der Waals surface area contributed by atoms with Gasteiger partial charge in [-0.2, -0.15) is 11.8 Å². The molecule has 0 aromatic heterocycles. The van der Waals surface area contributed by atoms with Gasteiger partial charge in [-0.3, -0.25) is 9.10 Å². The van der Waals surface area contributed by atoms with Crippen molar-refractivity contribution in [2.45, 2.75) is 37.8 Å². The van der Waals surface area contributed by atoms with E-state index < -0.39 is 27.9 Å². The monoisotopic (exact) mass is 608 g/mol. The Labute approximate surface area is 269 Å². The maximum absolute atomic E-state index is 13.9. The molecule has 1 N–H and O–H groups in total. The molecule has 0 heterocycles. The number of thioether (sulfide) groups is 1. The molecule has 4 rings (SSSR count). The quantitative estimate of drug-likeness (QED) is 0.247. The predicted octanol–water partition coefficient (Wildman–Crippen LogP) is 1.97. The molecule has 1 amide bonds. The number of sulfonamides is 1. The average molecular weight is 609 g/mol. The zero-order chi connectivity index (χ0) is 30.3. The van der Waals surface area contributed by atoms with Gasteiger partial charge >= 0.3 is 18.9 Å². The average Bonchev–Trinajstić information content (AvgIpc) is 2.98. The predicted molar refractivity (Wildman–Crippen MR) is 167 cm³/mol. The minimum absolute atomic E-state index is 0. The molecule has 218 valence electrons. The van der Waals surface area contributed by atoms with E-state index in [-0.39, 0.29) is 42.3 Å². The van der Waals surface area contributed by atoms with Crippen LogP contribution in [0.1, 0.15) is 33.5 Å². The molecule has 0 fully saturated rings. The molecule has 7 nitrogen and oxygen atoms in total. The summed E-state index contributed by atoms with van der Waals surface area (Å²) in [6.45, 7) is 3.83. The molecule has 0 saturated heterocycles. The molecular weight excluding hydrogens is 575 g/mol. The van der Waals surface area contributed by atoms with Crippen molar-refractivity contribution in [3.8, 4) is 11.1 Å². The van der Waals surface area contributed by atoms with Crippen molar-refractivity contribution in [3.05, 3.63) is 119 Å². The number of para-hydroxylation sites is 1. The van der Waals surface area contributed by atoms with E-state index in [1.54, 1.807) is 66.7 Å². The van der Waals surface area contributed by atoms with Crippen molar-refractivity contribution >= 4 is 39.3 Å². The number of benzene rings is 4. The summed E-state index contributed by atoms with van der Waals surface area (Å²) in [5.74, 6) is -1.33. The van der Waals surface area contributed by atoms with E-state index in [1.807, 2.05) is 50.4 Å². The van der Waals surface area contributed by atoms with Crippen LogP contribution in [-0.2, 0) is 21.4 Å². The van der Waals surface area contributed by atoms with Crippen LogP contribution in [0.5, 0.6) is 0 Å². The molecule has 4 aromatic rings. The summed E-state index contributed by atoms with van der Waals surface area (Å²) in [5.41, 5.74) is 4.67. The van der Waals surface area contributed by atoms with E-state index in [1.165, 1.54) is 16.1 Å². The van der Waals surface area contributed by atoms with Gasteiger partial charge in [-0.1, -0.05) is 66.2 Å². The Balaban J connectivity index is 0.00000506. The summed E-state index contributed by atoms with van der Waals surface area (Å²) in [5, 5.41) is 14.3. The van der Waals surface area contributed by atoms with Crippen LogP contribution < -0.4 is 33.6 Å². The number of amides is 1. The summed E-state index contributed by atoms with van der Waals surface area (Å²) in [6, 6.07) is 27.1. The van der Waals surface area contributed by atoms with Crippen molar-refractivity contribution in [3.63, 3.8) is 0 Å². The molecule has 0 aliphatic rings. The van der Waals surface area contributed by atoms with Crippen LogP contribution in [0, 0.1) is 13.8 Å². The smallest absolute Gasteiger partial charge is 0.548 e. The van der Waals surface area contributed by atoms with Gasteiger partial charge in [-0.25, -0.2) is 8.42 Å². The van der Waals surface area contributed by atoms with Gasteiger partial charge in [0.05, 0.1) is 29.1 Å². The maximum atomic E-state index is 13.9. The van der Waals surface area contributed by atoms with Gasteiger partial charge in [-0.15, -0.1) is 0 Å². The molecule has 43 heavy (non-hydrogen) atoms. The van der Waals surface area contributed by atoms with E-state index in [4.69, 9.17) is 0 Å². The molecule has 0 radical (unpaired) electrons. The SMILES string of the molecule is CSCC[C@H](NC(=O)c1ccc(CN(c2ccccc2)S(=O)(=O)c2ccc(C)cc2)cc1-c1ccccc1C)C(=O)[O-].[Li+]. The Morgan fingerprint density at radius 3 is 2.16 bits per heavy atom. The number of hydrogen-bond acceptors (Lipinski definition) is 6. The Morgan fingerprint density at radius 2 is 1.53 bits per heavy atom. The van der Waals surface area contributed by atoms with Crippen molar-refractivity contribution in [1.82, 2.24) is 5.32 Å². The molecular formula is C33H33LiN2O5S2. The van der Waals surface area contributed by atoms with Gasteiger partial charge in [0.15, 0.2) is 0 Å². The largest absolute Gasteiger partial charge is 1.00 e.